The van der Waals surface area contributed by atoms with E-state index in [4.69, 9.17) is 47.9 Å². The van der Waals surface area contributed by atoms with Gasteiger partial charge in [0.05, 0.1) is 49.4 Å². The Labute approximate surface area is 274 Å². The zero-order chi connectivity index (χ0) is 32.1. The van der Waals surface area contributed by atoms with Crippen LogP contribution >= 0.6 is 23.2 Å². The molecule has 2 aliphatic heterocycles. The van der Waals surface area contributed by atoms with Gasteiger partial charge >= 0.3 is 0 Å². The van der Waals surface area contributed by atoms with E-state index in [1.165, 1.54) is 21.3 Å². The minimum absolute atomic E-state index is 0.200. The molecule has 0 bridgehead atoms. The molecule has 240 valence electrons. The number of methoxy groups -OCH3 is 3. The first-order valence-electron chi connectivity index (χ1n) is 15.0. The molecular weight excluding hydrogens is 617 g/mol. The summed E-state index contributed by atoms with van der Waals surface area (Å²) in [7, 11) is 4.54. The van der Waals surface area contributed by atoms with Gasteiger partial charge in [0.25, 0.3) is 5.91 Å². The van der Waals surface area contributed by atoms with E-state index in [9.17, 15) is 9.59 Å². The Morgan fingerprint density at radius 3 is 2.18 bits per heavy atom. The van der Waals surface area contributed by atoms with Crippen LogP contribution in [0.5, 0.6) is 17.2 Å². The fourth-order valence-electron chi connectivity index (χ4n) is 6.39. The number of likely N-dealkylation sites (tertiary alicyclic amines) is 1. The van der Waals surface area contributed by atoms with E-state index in [-0.39, 0.29) is 17.9 Å². The summed E-state index contributed by atoms with van der Waals surface area (Å²) in [6.45, 7) is 2.79. The standard InChI is InChI=1S/C34H39Cl2N3O6/c1-42-28-19-23(20-29(43-2)30(28)44-3)31(40)39-21-25(45-32(39)22-11-12-26(35)27(36)18-22)10-7-15-38-16-13-34(14-17-38,33(37)41)24-8-5-4-6-9-24/h4-6,8-9,11-12,18-20,25,32H,7,10,13-17,21H2,1-3H3,(H2,37,41)/t25-,32?/m1/s1. The van der Waals surface area contributed by atoms with Gasteiger partial charge in [0, 0.05) is 11.1 Å². The number of nitrogens with zero attached hydrogens (tertiary/aromatic N) is 2. The van der Waals surface area contributed by atoms with Crippen LogP contribution in [0.25, 0.3) is 0 Å². The fourth-order valence-corrected chi connectivity index (χ4v) is 6.70. The van der Waals surface area contributed by atoms with Gasteiger partial charge in [-0.2, -0.15) is 0 Å². The average Bonchev–Trinajstić information content (AvgIpc) is 3.49. The van der Waals surface area contributed by atoms with Crippen LogP contribution < -0.4 is 19.9 Å². The zero-order valence-corrected chi connectivity index (χ0v) is 27.3. The van der Waals surface area contributed by atoms with Crippen molar-refractivity contribution in [1.29, 1.82) is 0 Å². The van der Waals surface area contributed by atoms with Crippen LogP contribution in [0.1, 0.15) is 53.4 Å². The Morgan fingerprint density at radius 2 is 1.60 bits per heavy atom. The fraction of sp³-hybridized carbons (Fsp3) is 0.412. The lowest BCUT2D eigenvalue weighted by molar-refractivity contribution is -0.125. The third-order valence-electron chi connectivity index (χ3n) is 8.91. The van der Waals surface area contributed by atoms with Gasteiger partial charge in [-0.05, 0) is 75.1 Å². The molecule has 0 spiro atoms. The third-order valence-corrected chi connectivity index (χ3v) is 9.65. The monoisotopic (exact) mass is 655 g/mol. The zero-order valence-electron chi connectivity index (χ0n) is 25.8. The van der Waals surface area contributed by atoms with Crippen molar-refractivity contribution in [3.05, 3.63) is 87.4 Å². The van der Waals surface area contributed by atoms with Gasteiger partial charge in [-0.3, -0.25) is 9.59 Å². The molecule has 2 saturated heterocycles. The minimum atomic E-state index is -0.659. The molecule has 2 N–H and O–H groups in total. The number of hydrogen-bond donors (Lipinski definition) is 1. The molecule has 2 aliphatic rings. The third kappa shape index (κ3) is 6.87. The van der Waals surface area contributed by atoms with Gasteiger partial charge in [-0.15, -0.1) is 0 Å². The summed E-state index contributed by atoms with van der Waals surface area (Å²) in [5.41, 5.74) is 7.39. The molecule has 3 aromatic rings. The van der Waals surface area contributed by atoms with Gasteiger partial charge in [-0.1, -0.05) is 59.6 Å². The molecule has 11 heteroatoms. The van der Waals surface area contributed by atoms with E-state index in [0.717, 1.165) is 43.6 Å². The van der Waals surface area contributed by atoms with E-state index in [2.05, 4.69) is 4.90 Å². The van der Waals surface area contributed by atoms with Gasteiger partial charge in [0.2, 0.25) is 11.7 Å². The van der Waals surface area contributed by atoms with Crippen molar-refractivity contribution in [3.63, 3.8) is 0 Å². The van der Waals surface area contributed by atoms with Crippen molar-refractivity contribution in [2.45, 2.75) is 43.4 Å². The summed E-state index contributed by atoms with van der Waals surface area (Å²) in [4.78, 5) is 30.6. The van der Waals surface area contributed by atoms with E-state index < -0.39 is 11.6 Å². The number of nitrogens with two attached hydrogens (primary N) is 1. The molecule has 0 saturated carbocycles. The van der Waals surface area contributed by atoms with Crippen LogP contribution in [-0.4, -0.2) is 75.2 Å². The molecule has 45 heavy (non-hydrogen) atoms. The highest BCUT2D eigenvalue weighted by molar-refractivity contribution is 6.42. The van der Waals surface area contributed by atoms with Crippen LogP contribution in [0.15, 0.2) is 60.7 Å². The second-order valence-corrected chi connectivity index (χ2v) is 12.3. The molecule has 0 aromatic heterocycles. The van der Waals surface area contributed by atoms with Gasteiger partial charge in [-0.25, -0.2) is 0 Å². The number of piperidine rings is 1. The Bertz CT molecular complexity index is 1490. The highest BCUT2D eigenvalue weighted by Crippen LogP contribution is 2.41. The molecular formula is C34H39Cl2N3O6. The lowest BCUT2D eigenvalue weighted by Gasteiger charge is -2.40. The maximum Gasteiger partial charge on any atom is 0.256 e. The first-order valence-corrected chi connectivity index (χ1v) is 15.8. The second-order valence-electron chi connectivity index (χ2n) is 11.5. The summed E-state index contributed by atoms with van der Waals surface area (Å²) in [6.07, 6.45) is 2.11. The van der Waals surface area contributed by atoms with E-state index in [1.807, 2.05) is 36.4 Å². The lowest BCUT2D eigenvalue weighted by Crippen LogP contribution is -2.50. The molecule has 9 nitrogen and oxygen atoms in total. The molecule has 2 amide bonds. The number of ether oxygens (including phenoxy) is 4. The largest absolute Gasteiger partial charge is 0.493 e. The second kappa shape index (κ2) is 14.3. The van der Waals surface area contributed by atoms with Crippen molar-refractivity contribution in [2.24, 2.45) is 5.73 Å². The van der Waals surface area contributed by atoms with Gasteiger partial charge in [0.1, 0.15) is 0 Å². The topological polar surface area (TPSA) is 104 Å². The normalized spacial score (nSPS) is 19.7. The quantitative estimate of drug-likeness (QED) is 0.276. The molecule has 2 heterocycles. The summed E-state index contributed by atoms with van der Waals surface area (Å²) < 4.78 is 22.9. The van der Waals surface area contributed by atoms with Crippen molar-refractivity contribution >= 4 is 35.0 Å². The van der Waals surface area contributed by atoms with Crippen LogP contribution in [0.2, 0.25) is 10.0 Å². The van der Waals surface area contributed by atoms with Crippen molar-refractivity contribution in [1.82, 2.24) is 9.80 Å². The Balaban J connectivity index is 1.28. The predicted molar refractivity (Wildman–Crippen MR) is 173 cm³/mol. The van der Waals surface area contributed by atoms with E-state index >= 15 is 0 Å². The summed E-state index contributed by atoms with van der Waals surface area (Å²) >= 11 is 12.6. The highest BCUT2D eigenvalue weighted by atomic mass is 35.5. The average molecular weight is 657 g/mol. The molecule has 5 rings (SSSR count). The Kier molecular flexibility index (Phi) is 10.4. The minimum Gasteiger partial charge on any atom is -0.493 e. The SMILES string of the molecule is COc1cc(C(=O)N2C[C@@H](CCCN3CCC(C(N)=O)(c4ccccc4)CC3)OC2c2ccc(Cl)c(Cl)c2)cc(OC)c1OC. The number of primary amides is 1. The highest BCUT2D eigenvalue weighted by Gasteiger charge is 2.42. The maximum absolute atomic E-state index is 14.0. The number of rotatable bonds is 11. The predicted octanol–water partition coefficient (Wildman–Crippen LogP) is 5.86. The van der Waals surface area contributed by atoms with Crippen LogP contribution in [0, 0.1) is 0 Å². The number of halogens is 2. The van der Waals surface area contributed by atoms with E-state index in [1.54, 1.807) is 29.2 Å². The van der Waals surface area contributed by atoms with Crippen LogP contribution in [-0.2, 0) is 14.9 Å². The molecule has 2 atom stereocenters. The number of amides is 2. The van der Waals surface area contributed by atoms with E-state index in [0.29, 0.717) is 52.2 Å². The van der Waals surface area contributed by atoms with Gasteiger partial charge < -0.3 is 34.5 Å². The summed E-state index contributed by atoms with van der Waals surface area (Å²) in [5, 5.41) is 0.806. The number of hydrogen-bond acceptors (Lipinski definition) is 7. The Hall–Kier alpha value is -3.50. The number of carbonyl (C=O) groups excluding carboxylic acids is 2. The Morgan fingerprint density at radius 1 is 0.933 bits per heavy atom. The molecule has 0 radical (unpaired) electrons. The van der Waals surface area contributed by atoms with Crippen LogP contribution in [0.4, 0.5) is 0 Å². The van der Waals surface area contributed by atoms with Gasteiger partial charge in [0.15, 0.2) is 17.7 Å². The summed E-state index contributed by atoms with van der Waals surface area (Å²) in [5.74, 6) is 0.669. The lowest BCUT2D eigenvalue weighted by atomic mass is 9.72. The molecule has 2 fully saturated rings. The molecule has 0 aliphatic carbocycles. The maximum atomic E-state index is 14.0. The summed E-state index contributed by atoms with van der Waals surface area (Å²) in [6, 6.07) is 18.4. The number of carbonyl (C=O) groups is 2. The first-order chi connectivity index (χ1) is 21.7. The smallest absolute Gasteiger partial charge is 0.256 e. The molecule has 1 unspecified atom stereocenters. The van der Waals surface area contributed by atoms with Crippen molar-refractivity contribution in [2.75, 3.05) is 47.5 Å². The first kappa shape index (κ1) is 32.9. The van der Waals surface area contributed by atoms with Crippen molar-refractivity contribution in [3.8, 4) is 17.2 Å². The molecule has 3 aromatic carbocycles. The van der Waals surface area contributed by atoms with Crippen molar-refractivity contribution < 1.29 is 28.5 Å². The van der Waals surface area contributed by atoms with Crippen LogP contribution in [0.3, 0.4) is 0 Å². The number of benzene rings is 3.